The second-order valence-electron chi connectivity index (χ2n) is 5.97. The van der Waals surface area contributed by atoms with Crippen molar-refractivity contribution in [2.75, 3.05) is 6.54 Å². The van der Waals surface area contributed by atoms with Gasteiger partial charge in [0.25, 0.3) is 5.92 Å². The lowest BCUT2D eigenvalue weighted by molar-refractivity contribution is -0.123. The number of hydrogen-bond donors (Lipinski definition) is 3. The number of aromatic nitrogens is 1. The number of nitrogens with one attached hydrogen (secondary N) is 3. The van der Waals surface area contributed by atoms with E-state index in [0.717, 1.165) is 22.2 Å². The number of amides is 1. The zero-order chi connectivity index (χ0) is 15.9. The maximum atomic E-state index is 13.1. The molecule has 0 spiro atoms. The van der Waals surface area contributed by atoms with Gasteiger partial charge in [0.15, 0.2) is 0 Å². The second-order valence-corrected chi connectivity index (χ2v) is 5.97. The van der Waals surface area contributed by atoms with E-state index in [0.29, 0.717) is 6.54 Å². The molecule has 1 amide bonds. The summed E-state index contributed by atoms with van der Waals surface area (Å²) < 4.78 is 26.2. The summed E-state index contributed by atoms with van der Waals surface area (Å²) in [5, 5.41) is 6.40. The fourth-order valence-electron chi connectivity index (χ4n) is 2.83. The molecule has 126 valence electrons. The number of aromatic amines is 1. The molecule has 2 aromatic rings. The first-order chi connectivity index (χ1) is 10.4. The first-order valence-corrected chi connectivity index (χ1v) is 7.32. The van der Waals surface area contributed by atoms with Crippen LogP contribution in [0.5, 0.6) is 0 Å². The van der Waals surface area contributed by atoms with Crippen molar-refractivity contribution in [2.24, 2.45) is 0 Å². The van der Waals surface area contributed by atoms with E-state index in [2.05, 4.69) is 15.6 Å². The molecule has 2 heterocycles. The van der Waals surface area contributed by atoms with Crippen molar-refractivity contribution >= 4 is 29.2 Å². The van der Waals surface area contributed by atoms with Crippen LogP contribution in [-0.2, 0) is 11.3 Å². The van der Waals surface area contributed by atoms with E-state index in [1.165, 1.54) is 5.56 Å². The molecule has 1 aliphatic heterocycles. The van der Waals surface area contributed by atoms with Gasteiger partial charge >= 0.3 is 0 Å². The van der Waals surface area contributed by atoms with E-state index in [4.69, 9.17) is 0 Å². The first kappa shape index (κ1) is 17.7. The van der Waals surface area contributed by atoms with Crippen molar-refractivity contribution in [3.05, 3.63) is 35.0 Å². The van der Waals surface area contributed by atoms with Gasteiger partial charge in [0.1, 0.15) is 0 Å². The van der Waals surface area contributed by atoms with Gasteiger partial charge in [-0.1, -0.05) is 6.07 Å². The highest BCUT2D eigenvalue weighted by atomic mass is 35.5. The number of carbonyl (C=O) groups excluding carboxylic acids is 1. The molecule has 0 bridgehead atoms. The fraction of sp³-hybridized carbons (Fsp3) is 0.438. The number of halogens is 3. The van der Waals surface area contributed by atoms with Crippen molar-refractivity contribution in [1.82, 2.24) is 15.6 Å². The summed E-state index contributed by atoms with van der Waals surface area (Å²) in [7, 11) is 0. The number of aryl methyl sites for hydroxylation is 2. The Bertz CT molecular complexity index is 729. The summed E-state index contributed by atoms with van der Waals surface area (Å²) in [6.45, 7) is 3.96. The minimum Gasteiger partial charge on any atom is -0.358 e. The molecule has 3 N–H and O–H groups in total. The highest BCUT2D eigenvalue weighted by Crippen LogP contribution is 2.25. The normalized spacial score (nSPS) is 19.6. The number of rotatable bonds is 3. The molecule has 1 fully saturated rings. The van der Waals surface area contributed by atoms with E-state index in [9.17, 15) is 13.6 Å². The van der Waals surface area contributed by atoms with Gasteiger partial charge in [0, 0.05) is 29.6 Å². The van der Waals surface area contributed by atoms with Gasteiger partial charge < -0.3 is 10.3 Å². The third-order valence-corrected chi connectivity index (χ3v) is 4.27. The molecule has 1 aromatic heterocycles. The summed E-state index contributed by atoms with van der Waals surface area (Å²) in [6, 6.07) is 5.11. The minimum atomic E-state index is -2.79. The lowest BCUT2D eigenvalue weighted by atomic mass is 10.1. The molecule has 0 saturated carbocycles. The number of H-pyrrole nitrogens is 1. The molecule has 1 aliphatic rings. The first-order valence-electron chi connectivity index (χ1n) is 7.32. The molecule has 23 heavy (non-hydrogen) atoms. The molecule has 1 saturated heterocycles. The lowest BCUT2D eigenvalue weighted by Crippen LogP contribution is -2.40. The number of benzene rings is 1. The summed E-state index contributed by atoms with van der Waals surface area (Å²) >= 11 is 0. The average Bonchev–Trinajstić information content (AvgIpc) is 2.97. The molecule has 1 atom stereocenters. The second kappa shape index (κ2) is 6.45. The van der Waals surface area contributed by atoms with Gasteiger partial charge in [-0.25, -0.2) is 8.78 Å². The molecular weight excluding hydrogens is 324 g/mol. The van der Waals surface area contributed by atoms with Crippen LogP contribution in [0.4, 0.5) is 8.78 Å². The van der Waals surface area contributed by atoms with Crippen molar-refractivity contribution in [1.29, 1.82) is 0 Å². The Morgan fingerprint density at radius 2 is 2.13 bits per heavy atom. The van der Waals surface area contributed by atoms with Crippen molar-refractivity contribution in [3.63, 3.8) is 0 Å². The van der Waals surface area contributed by atoms with Gasteiger partial charge in [-0.05, 0) is 37.1 Å². The molecule has 4 nitrogen and oxygen atoms in total. The Balaban J connectivity index is 0.00000192. The van der Waals surface area contributed by atoms with E-state index >= 15 is 0 Å². The van der Waals surface area contributed by atoms with Crippen LogP contribution in [-0.4, -0.2) is 29.4 Å². The molecule has 3 rings (SSSR count). The maximum absolute atomic E-state index is 13.1. The van der Waals surface area contributed by atoms with Crippen LogP contribution in [0, 0.1) is 13.8 Å². The fourth-order valence-corrected chi connectivity index (χ4v) is 2.83. The highest BCUT2D eigenvalue weighted by Gasteiger charge is 2.42. The number of alkyl halides is 2. The van der Waals surface area contributed by atoms with Crippen LogP contribution in [0.3, 0.4) is 0 Å². The van der Waals surface area contributed by atoms with Gasteiger partial charge in [-0.2, -0.15) is 0 Å². The smallest absolute Gasteiger partial charge is 0.262 e. The predicted octanol–water partition coefficient (Wildman–Crippen LogP) is 2.82. The van der Waals surface area contributed by atoms with Crippen LogP contribution in [0.1, 0.15) is 23.2 Å². The van der Waals surface area contributed by atoms with Crippen molar-refractivity contribution in [3.8, 4) is 0 Å². The molecule has 7 heteroatoms. The zero-order valence-corrected chi connectivity index (χ0v) is 13.8. The number of carbonyl (C=O) groups is 1. The zero-order valence-electron chi connectivity index (χ0n) is 13.0. The Labute approximate surface area is 139 Å². The SMILES string of the molecule is Cc1[nH]c2ccc(CNC(=O)C3CC(F)(F)CN3)cc2c1C.Cl. The molecular formula is C16H20ClF2N3O. The topological polar surface area (TPSA) is 56.9 Å². The van der Waals surface area contributed by atoms with E-state index in [1.54, 1.807) is 0 Å². The van der Waals surface area contributed by atoms with Crippen LogP contribution < -0.4 is 10.6 Å². The third kappa shape index (κ3) is 3.64. The van der Waals surface area contributed by atoms with E-state index in [1.807, 2.05) is 32.0 Å². The Kier molecular flexibility index (Phi) is 4.96. The molecule has 0 radical (unpaired) electrons. The number of hydrogen-bond acceptors (Lipinski definition) is 2. The van der Waals surface area contributed by atoms with Gasteiger partial charge in [-0.3, -0.25) is 10.1 Å². The Hall–Kier alpha value is -1.66. The molecule has 1 aromatic carbocycles. The molecule has 0 aliphatic carbocycles. The van der Waals surface area contributed by atoms with Crippen LogP contribution in [0.15, 0.2) is 18.2 Å². The predicted molar refractivity (Wildman–Crippen MR) is 88.2 cm³/mol. The summed E-state index contributed by atoms with van der Waals surface area (Å²) in [4.78, 5) is 15.2. The standard InChI is InChI=1S/C16H19F2N3O.ClH/c1-9-10(2)21-13-4-3-11(5-12(9)13)7-19-15(22)14-6-16(17,18)8-20-14;/h3-5,14,20-21H,6-8H2,1-2H3,(H,19,22);1H. The average molecular weight is 344 g/mol. The quantitative estimate of drug-likeness (QED) is 0.802. The monoisotopic (exact) mass is 343 g/mol. The Morgan fingerprint density at radius 3 is 2.78 bits per heavy atom. The lowest BCUT2D eigenvalue weighted by Gasteiger charge is -2.11. The van der Waals surface area contributed by atoms with Gasteiger partial charge in [0.2, 0.25) is 5.91 Å². The van der Waals surface area contributed by atoms with E-state index in [-0.39, 0.29) is 18.3 Å². The maximum Gasteiger partial charge on any atom is 0.262 e. The number of fused-ring (bicyclic) bond motifs is 1. The van der Waals surface area contributed by atoms with Crippen molar-refractivity contribution in [2.45, 2.75) is 38.8 Å². The third-order valence-electron chi connectivity index (χ3n) is 4.27. The van der Waals surface area contributed by atoms with Crippen LogP contribution in [0.2, 0.25) is 0 Å². The largest absolute Gasteiger partial charge is 0.358 e. The minimum absolute atomic E-state index is 0. The van der Waals surface area contributed by atoms with Gasteiger partial charge in [0.05, 0.1) is 12.6 Å². The highest BCUT2D eigenvalue weighted by molar-refractivity contribution is 5.86. The van der Waals surface area contributed by atoms with E-state index < -0.39 is 24.9 Å². The summed E-state index contributed by atoms with van der Waals surface area (Å²) in [6.07, 6.45) is -0.437. The summed E-state index contributed by atoms with van der Waals surface area (Å²) in [5.74, 6) is -3.17. The van der Waals surface area contributed by atoms with Crippen LogP contribution >= 0.6 is 12.4 Å². The van der Waals surface area contributed by atoms with Gasteiger partial charge in [-0.15, -0.1) is 12.4 Å². The Morgan fingerprint density at radius 1 is 1.39 bits per heavy atom. The summed E-state index contributed by atoms with van der Waals surface area (Å²) in [5.41, 5.74) is 4.31. The van der Waals surface area contributed by atoms with Crippen LogP contribution in [0.25, 0.3) is 10.9 Å². The molecule has 1 unspecified atom stereocenters. The van der Waals surface area contributed by atoms with Crippen molar-refractivity contribution < 1.29 is 13.6 Å².